The Labute approximate surface area is 236 Å². The predicted molar refractivity (Wildman–Crippen MR) is 149 cm³/mol. The van der Waals surface area contributed by atoms with Crippen LogP contribution in [0.25, 0.3) is 26.4 Å². The number of fused-ring (bicyclic) bond motifs is 3. The normalized spacial score (nSPS) is 10.2. The zero-order valence-electron chi connectivity index (χ0n) is 20.5. The van der Waals surface area contributed by atoms with Crippen molar-refractivity contribution in [2.45, 2.75) is 11.8 Å². The molecule has 0 saturated carbocycles. The fourth-order valence-corrected chi connectivity index (χ4v) is 4.49. The number of hydrogen-bond acceptors (Lipinski definition) is 5. The van der Waals surface area contributed by atoms with Gasteiger partial charge in [0, 0.05) is 56.8 Å². The summed E-state index contributed by atoms with van der Waals surface area (Å²) in [4.78, 5) is 12.2. The summed E-state index contributed by atoms with van der Waals surface area (Å²) in [5.74, 6) is 0. The smallest absolute Gasteiger partial charge is 0.123 e. The van der Waals surface area contributed by atoms with Gasteiger partial charge in [0.25, 0.3) is 0 Å². The van der Waals surface area contributed by atoms with Crippen LogP contribution in [-0.2, 0) is 30.4 Å². The van der Waals surface area contributed by atoms with Crippen LogP contribution in [0.15, 0.2) is 139 Å². The molecule has 6 rings (SSSR count). The molecular formula is C30H25N4O2PdS-. The molecule has 3 heterocycles. The van der Waals surface area contributed by atoms with Gasteiger partial charge in [-0.2, -0.15) is 0 Å². The van der Waals surface area contributed by atoms with E-state index in [2.05, 4.69) is 19.7 Å². The van der Waals surface area contributed by atoms with Gasteiger partial charge in [0.2, 0.25) is 0 Å². The first-order valence-electron chi connectivity index (χ1n) is 11.6. The van der Waals surface area contributed by atoms with Crippen LogP contribution in [0.2, 0.25) is 0 Å². The first kappa shape index (κ1) is 28.6. The maximum atomic E-state index is 12.7. The van der Waals surface area contributed by atoms with Crippen LogP contribution in [0.3, 0.4) is 0 Å². The Bertz CT molecular complexity index is 1580. The average Bonchev–Trinajstić information content (AvgIpc) is 2.95. The predicted octanol–water partition coefficient (Wildman–Crippen LogP) is 7.25. The van der Waals surface area contributed by atoms with Crippen LogP contribution in [-0.4, -0.2) is 23.4 Å². The summed E-state index contributed by atoms with van der Waals surface area (Å²) in [6.07, 6.45) is 8.70. The van der Waals surface area contributed by atoms with E-state index in [9.17, 15) is 8.42 Å². The molecule has 0 N–H and O–H groups in total. The summed E-state index contributed by atoms with van der Waals surface area (Å²) in [6.45, 7) is 1.91. The number of nitrogens with zero attached hydrogens (tertiary/aromatic N) is 4. The molecule has 0 spiro atoms. The van der Waals surface area contributed by atoms with Crippen molar-refractivity contribution in [1.29, 1.82) is 0 Å². The molecule has 0 atom stereocenters. The van der Waals surface area contributed by atoms with Crippen molar-refractivity contribution in [1.82, 2.24) is 15.0 Å². The molecule has 38 heavy (non-hydrogen) atoms. The van der Waals surface area contributed by atoms with Gasteiger partial charge in [0.15, 0.2) is 0 Å². The van der Waals surface area contributed by atoms with Gasteiger partial charge in [-0.25, -0.2) is 8.42 Å². The Morgan fingerprint density at radius 1 is 0.605 bits per heavy atom. The standard InChI is InChI=1S/C20H15N2O2S.2C5H5N.Pd/c1-14-7-11-17(12-8-14)25(23,24)22-18-6-2-4-15-9-10-16-5-3-13-21-20(16)19(15)18;2*1-2-4-6-5-3-1;/h2-13H,1H3;2*1-5H;/q-1;;;. The number of sulfonamides is 1. The monoisotopic (exact) mass is 611 g/mol. The summed E-state index contributed by atoms with van der Waals surface area (Å²) in [5.41, 5.74) is 2.15. The van der Waals surface area contributed by atoms with E-state index < -0.39 is 10.0 Å². The average molecular weight is 612 g/mol. The molecule has 0 aliphatic heterocycles. The molecular weight excluding hydrogens is 587 g/mol. The second kappa shape index (κ2) is 14.1. The molecule has 0 aliphatic carbocycles. The van der Waals surface area contributed by atoms with Crippen molar-refractivity contribution < 1.29 is 28.8 Å². The molecule has 6 aromatic rings. The quantitative estimate of drug-likeness (QED) is 0.155. The zero-order valence-corrected chi connectivity index (χ0v) is 22.9. The van der Waals surface area contributed by atoms with Crippen LogP contribution in [0.5, 0.6) is 0 Å². The van der Waals surface area contributed by atoms with Gasteiger partial charge < -0.3 is 4.72 Å². The van der Waals surface area contributed by atoms with Gasteiger partial charge >= 0.3 is 0 Å². The van der Waals surface area contributed by atoms with Crippen molar-refractivity contribution in [3.63, 3.8) is 0 Å². The number of aromatic nitrogens is 3. The summed E-state index contributed by atoms with van der Waals surface area (Å²) >= 11 is 0. The summed E-state index contributed by atoms with van der Waals surface area (Å²) in [6, 6.07) is 31.3. The summed E-state index contributed by atoms with van der Waals surface area (Å²) in [7, 11) is -3.79. The van der Waals surface area contributed by atoms with E-state index in [-0.39, 0.29) is 25.3 Å². The molecule has 0 amide bonds. The Hall–Kier alpha value is -3.96. The molecule has 194 valence electrons. The third kappa shape index (κ3) is 7.77. The van der Waals surface area contributed by atoms with E-state index in [1.807, 2.05) is 73.7 Å². The molecule has 0 bridgehead atoms. The third-order valence-corrected chi connectivity index (χ3v) is 6.57. The zero-order chi connectivity index (χ0) is 25.9. The van der Waals surface area contributed by atoms with E-state index in [4.69, 9.17) is 0 Å². The number of rotatable bonds is 3. The Balaban J connectivity index is 0.000000253. The maximum absolute atomic E-state index is 12.7. The molecule has 3 aromatic carbocycles. The third-order valence-electron chi connectivity index (χ3n) is 5.26. The number of benzene rings is 3. The maximum Gasteiger partial charge on any atom is 0.123 e. The molecule has 0 fully saturated rings. The minimum Gasteiger partial charge on any atom is -0.572 e. The van der Waals surface area contributed by atoms with Crippen molar-refractivity contribution >= 4 is 37.4 Å². The second-order valence-electron chi connectivity index (χ2n) is 7.94. The van der Waals surface area contributed by atoms with E-state index in [0.29, 0.717) is 5.69 Å². The van der Waals surface area contributed by atoms with Gasteiger partial charge in [-0.15, -0.1) is 5.69 Å². The number of hydrogen-bond donors (Lipinski definition) is 0. The molecule has 0 aliphatic rings. The van der Waals surface area contributed by atoms with Gasteiger partial charge in [-0.3, -0.25) is 15.0 Å². The van der Waals surface area contributed by atoms with Crippen LogP contribution in [0.4, 0.5) is 5.69 Å². The first-order valence-corrected chi connectivity index (χ1v) is 13.0. The Morgan fingerprint density at radius 2 is 1.18 bits per heavy atom. The topological polar surface area (TPSA) is 86.9 Å². The molecule has 0 saturated heterocycles. The van der Waals surface area contributed by atoms with E-state index in [1.165, 1.54) is 0 Å². The van der Waals surface area contributed by atoms with Crippen molar-refractivity contribution in [3.05, 3.63) is 144 Å². The molecule has 3 aromatic heterocycles. The number of pyridine rings is 3. The van der Waals surface area contributed by atoms with Crippen LogP contribution in [0.1, 0.15) is 5.56 Å². The van der Waals surface area contributed by atoms with Crippen molar-refractivity contribution in [2.24, 2.45) is 0 Å². The van der Waals surface area contributed by atoms with Gasteiger partial charge in [-0.1, -0.05) is 66.2 Å². The molecule has 0 unspecified atom stereocenters. The van der Waals surface area contributed by atoms with Gasteiger partial charge in [0.05, 0.1) is 10.4 Å². The van der Waals surface area contributed by atoms with E-state index >= 15 is 0 Å². The minimum atomic E-state index is -3.79. The van der Waals surface area contributed by atoms with Gasteiger partial charge in [0.1, 0.15) is 10.0 Å². The minimum absolute atomic E-state index is 0. The van der Waals surface area contributed by atoms with Crippen LogP contribution in [0, 0.1) is 6.92 Å². The Kier molecular flexibility index (Phi) is 10.6. The largest absolute Gasteiger partial charge is 0.572 e. The van der Waals surface area contributed by atoms with Crippen molar-refractivity contribution in [2.75, 3.05) is 0 Å². The summed E-state index contributed by atoms with van der Waals surface area (Å²) in [5, 5.41) is 2.60. The van der Waals surface area contributed by atoms with Crippen molar-refractivity contribution in [3.8, 4) is 0 Å². The van der Waals surface area contributed by atoms with Crippen LogP contribution < -0.4 is 0 Å². The SMILES string of the molecule is Cc1ccc(S(=O)(=O)[N-]c2cccc3ccc4cccnc4c23)cc1.[Pd].c1ccncc1.c1ccncc1. The molecule has 0 radical (unpaired) electrons. The number of aryl methyl sites for hydroxylation is 1. The summed E-state index contributed by atoms with van der Waals surface area (Å²) < 4.78 is 29.5. The second-order valence-corrected chi connectivity index (χ2v) is 9.55. The molecule has 6 nitrogen and oxygen atoms in total. The fraction of sp³-hybridized carbons (Fsp3) is 0.0333. The Morgan fingerprint density at radius 3 is 1.74 bits per heavy atom. The first-order chi connectivity index (χ1) is 18.0. The van der Waals surface area contributed by atoms with E-state index in [0.717, 1.165) is 27.2 Å². The molecule has 8 heteroatoms. The van der Waals surface area contributed by atoms with E-state index in [1.54, 1.807) is 67.4 Å². The fourth-order valence-electron chi connectivity index (χ4n) is 3.49. The van der Waals surface area contributed by atoms with Crippen LogP contribution >= 0.6 is 0 Å². The van der Waals surface area contributed by atoms with Gasteiger partial charge in [-0.05, 0) is 60.2 Å².